The minimum absolute atomic E-state index is 0.177. The number of nitrogens with zero attached hydrogens (tertiary/aromatic N) is 2. The van der Waals surface area contributed by atoms with Gasteiger partial charge in [-0.3, -0.25) is 4.98 Å². The number of rotatable bonds is 6. The van der Waals surface area contributed by atoms with E-state index in [-0.39, 0.29) is 23.2 Å². The van der Waals surface area contributed by atoms with E-state index in [0.29, 0.717) is 5.92 Å². The van der Waals surface area contributed by atoms with Crippen molar-refractivity contribution < 1.29 is 14.0 Å². The van der Waals surface area contributed by atoms with Gasteiger partial charge < -0.3 is 14.1 Å². The fourth-order valence-electron chi connectivity index (χ4n) is 4.70. The van der Waals surface area contributed by atoms with Gasteiger partial charge >= 0.3 is 6.09 Å². The molecule has 3 heterocycles. The Morgan fingerprint density at radius 3 is 2.56 bits per heavy atom. The molecule has 0 aromatic carbocycles. The van der Waals surface area contributed by atoms with Gasteiger partial charge in [-0.25, -0.2) is 4.79 Å². The summed E-state index contributed by atoms with van der Waals surface area (Å²) >= 11 is 0. The Labute approximate surface area is 208 Å². The van der Waals surface area contributed by atoms with Gasteiger partial charge in [-0.05, 0) is 82.6 Å². The lowest BCUT2D eigenvalue weighted by molar-refractivity contribution is 0.0213. The minimum atomic E-state index is -1.65. The van der Waals surface area contributed by atoms with Crippen molar-refractivity contribution in [3.05, 3.63) is 29.6 Å². The molecule has 5 nitrogen and oxygen atoms in total. The number of carbonyl (C=O) groups is 1. The van der Waals surface area contributed by atoms with Crippen LogP contribution in [0.15, 0.2) is 18.5 Å². The summed E-state index contributed by atoms with van der Waals surface area (Å²) in [6, 6.07) is 2.64. The van der Waals surface area contributed by atoms with E-state index in [0.717, 1.165) is 50.7 Å². The second-order valence-electron chi connectivity index (χ2n) is 12.4. The molecular formula is C28H44N2O3Si. The molecule has 0 N–H and O–H groups in total. The summed E-state index contributed by atoms with van der Waals surface area (Å²) in [6.45, 7) is 18.0. The molecule has 2 saturated heterocycles. The van der Waals surface area contributed by atoms with Crippen LogP contribution in [0.4, 0.5) is 4.79 Å². The van der Waals surface area contributed by atoms with E-state index in [1.54, 1.807) is 0 Å². The summed E-state index contributed by atoms with van der Waals surface area (Å²) in [6.07, 6.45) is 9.65. The Balaban J connectivity index is 1.52. The maximum atomic E-state index is 12.8. The highest BCUT2D eigenvalue weighted by Gasteiger charge is 2.50. The Bertz CT molecular complexity index is 920. The molecule has 2 fully saturated rings. The van der Waals surface area contributed by atoms with Crippen molar-refractivity contribution in [3.8, 4) is 11.8 Å². The topological polar surface area (TPSA) is 51.7 Å². The summed E-state index contributed by atoms with van der Waals surface area (Å²) in [5, 5.41) is 0.258. The van der Waals surface area contributed by atoms with Crippen molar-refractivity contribution >= 4 is 14.4 Å². The standard InChI is InChI=1S/C28H44N2O3Si/c1-27(2,3)33-26(31)30-23-14-15-25(30)24(18-23)22-17-21(19-29-20-22)13-11-9-10-12-16-32-34(7,8)28(4,5)6/h17,19-20,23-25H,9-10,12,14-16,18H2,1-8H3/t23-,24?,25+/m0/s1. The first-order valence-electron chi connectivity index (χ1n) is 12.9. The van der Waals surface area contributed by atoms with Crippen LogP contribution in [0.5, 0.6) is 0 Å². The zero-order valence-corrected chi connectivity index (χ0v) is 23.5. The maximum absolute atomic E-state index is 12.8. The monoisotopic (exact) mass is 484 g/mol. The molecule has 0 spiro atoms. The molecule has 34 heavy (non-hydrogen) atoms. The molecule has 1 amide bonds. The number of hydrogen-bond acceptors (Lipinski definition) is 4. The highest BCUT2D eigenvalue weighted by molar-refractivity contribution is 6.74. The van der Waals surface area contributed by atoms with E-state index in [4.69, 9.17) is 9.16 Å². The smallest absolute Gasteiger partial charge is 0.410 e. The first-order chi connectivity index (χ1) is 15.8. The van der Waals surface area contributed by atoms with Gasteiger partial charge in [-0.2, -0.15) is 0 Å². The molecule has 2 aliphatic heterocycles. The zero-order chi connectivity index (χ0) is 25.1. The molecule has 2 aliphatic rings. The first kappa shape index (κ1) is 26.8. The Morgan fingerprint density at radius 2 is 1.88 bits per heavy atom. The van der Waals surface area contributed by atoms with E-state index < -0.39 is 13.9 Å². The molecule has 1 aromatic heterocycles. The number of carbonyl (C=O) groups excluding carboxylic acids is 1. The molecule has 0 saturated carbocycles. The normalized spacial score (nSPS) is 22.5. The number of fused-ring (bicyclic) bond motifs is 2. The molecule has 188 valence electrons. The lowest BCUT2D eigenvalue weighted by atomic mass is 9.84. The van der Waals surface area contributed by atoms with Crippen molar-refractivity contribution in [3.63, 3.8) is 0 Å². The largest absolute Gasteiger partial charge is 0.444 e. The molecule has 0 aliphatic carbocycles. The second-order valence-corrected chi connectivity index (χ2v) is 17.2. The molecule has 1 aromatic rings. The predicted molar refractivity (Wildman–Crippen MR) is 140 cm³/mol. The Kier molecular flexibility index (Phi) is 8.20. The van der Waals surface area contributed by atoms with Gasteiger partial charge in [0.05, 0.1) is 0 Å². The van der Waals surface area contributed by atoms with Crippen LogP contribution in [-0.4, -0.2) is 48.6 Å². The first-order valence-corrected chi connectivity index (χ1v) is 15.8. The minimum Gasteiger partial charge on any atom is -0.444 e. The van der Waals surface area contributed by atoms with Gasteiger partial charge in [0.2, 0.25) is 0 Å². The number of ether oxygens (including phenoxy) is 1. The second kappa shape index (κ2) is 10.4. The van der Waals surface area contributed by atoms with Crippen LogP contribution in [-0.2, 0) is 9.16 Å². The van der Waals surface area contributed by atoms with Crippen molar-refractivity contribution in [1.29, 1.82) is 0 Å². The molecule has 0 radical (unpaired) electrons. The number of aromatic nitrogens is 1. The van der Waals surface area contributed by atoms with E-state index in [9.17, 15) is 4.79 Å². The van der Waals surface area contributed by atoms with Crippen LogP contribution in [0.2, 0.25) is 18.1 Å². The summed E-state index contributed by atoms with van der Waals surface area (Å²) in [5.74, 6) is 6.93. The quantitative estimate of drug-likeness (QED) is 0.251. The summed E-state index contributed by atoms with van der Waals surface area (Å²) in [4.78, 5) is 19.2. The summed E-state index contributed by atoms with van der Waals surface area (Å²) in [7, 11) is -1.65. The van der Waals surface area contributed by atoms with E-state index in [2.05, 4.69) is 56.8 Å². The van der Waals surface area contributed by atoms with E-state index >= 15 is 0 Å². The van der Waals surface area contributed by atoms with Gasteiger partial charge in [-0.15, -0.1) is 0 Å². The Morgan fingerprint density at radius 1 is 1.15 bits per heavy atom. The van der Waals surface area contributed by atoms with Crippen LogP contribution in [0, 0.1) is 11.8 Å². The fraction of sp³-hybridized carbons (Fsp3) is 0.714. The highest BCUT2D eigenvalue weighted by Crippen LogP contribution is 2.47. The molecule has 2 bridgehead atoms. The van der Waals surface area contributed by atoms with Crippen molar-refractivity contribution in [2.75, 3.05) is 6.61 Å². The number of hydrogen-bond donors (Lipinski definition) is 0. The summed E-state index contributed by atoms with van der Waals surface area (Å²) < 4.78 is 11.9. The van der Waals surface area contributed by atoms with Crippen LogP contribution in [0.25, 0.3) is 0 Å². The number of pyridine rings is 1. The van der Waals surface area contributed by atoms with Crippen LogP contribution in [0.1, 0.15) is 97.1 Å². The fourth-order valence-corrected chi connectivity index (χ4v) is 5.79. The van der Waals surface area contributed by atoms with E-state index in [1.165, 1.54) is 5.56 Å². The van der Waals surface area contributed by atoms with Crippen LogP contribution in [0.3, 0.4) is 0 Å². The van der Waals surface area contributed by atoms with E-state index in [1.807, 2.05) is 38.1 Å². The third-order valence-electron chi connectivity index (χ3n) is 7.53. The van der Waals surface area contributed by atoms with Crippen LogP contribution >= 0.6 is 0 Å². The van der Waals surface area contributed by atoms with Gasteiger partial charge in [0.1, 0.15) is 5.60 Å². The third kappa shape index (κ3) is 6.64. The Hall–Kier alpha value is -1.84. The van der Waals surface area contributed by atoms with Crippen molar-refractivity contribution in [1.82, 2.24) is 9.88 Å². The lowest BCUT2D eigenvalue weighted by Gasteiger charge is -2.36. The van der Waals surface area contributed by atoms with Gasteiger partial charge in [0.25, 0.3) is 0 Å². The average Bonchev–Trinajstić information content (AvgIpc) is 3.30. The predicted octanol–water partition coefficient (Wildman–Crippen LogP) is 6.88. The zero-order valence-electron chi connectivity index (χ0n) is 22.5. The molecule has 3 atom stereocenters. The third-order valence-corrected chi connectivity index (χ3v) is 12.1. The van der Waals surface area contributed by atoms with Crippen LogP contribution < -0.4 is 0 Å². The lowest BCUT2D eigenvalue weighted by Crippen LogP contribution is -2.40. The molecule has 6 heteroatoms. The maximum Gasteiger partial charge on any atom is 0.410 e. The number of unbranched alkanes of at least 4 members (excludes halogenated alkanes) is 2. The highest BCUT2D eigenvalue weighted by atomic mass is 28.4. The van der Waals surface area contributed by atoms with Crippen molar-refractivity contribution in [2.24, 2.45) is 0 Å². The molecule has 3 rings (SSSR count). The SMILES string of the molecule is CC(C)(C)OC(=O)N1[C@H]2CC[C@@H]1C(c1cncc(C#CCCCCO[Si](C)(C)C(C)(C)C)c1)C2. The van der Waals surface area contributed by atoms with Gasteiger partial charge in [0, 0.05) is 49.0 Å². The van der Waals surface area contributed by atoms with Gasteiger partial charge in [-0.1, -0.05) is 32.6 Å². The van der Waals surface area contributed by atoms with Crippen molar-refractivity contribution in [2.45, 2.75) is 122 Å². The average molecular weight is 485 g/mol. The molecular weight excluding hydrogens is 440 g/mol. The molecule has 1 unspecified atom stereocenters. The number of amides is 1. The summed E-state index contributed by atoms with van der Waals surface area (Å²) in [5.41, 5.74) is 1.68. The van der Waals surface area contributed by atoms with Gasteiger partial charge in [0.15, 0.2) is 8.32 Å².